The Bertz CT molecular complexity index is 404. The van der Waals surface area contributed by atoms with Gasteiger partial charge >= 0.3 is 0 Å². The average molecular weight is 227 g/mol. The highest BCUT2D eigenvalue weighted by molar-refractivity contribution is 6.33. The van der Waals surface area contributed by atoms with Gasteiger partial charge in [0, 0.05) is 12.1 Å². The molecule has 0 aliphatic carbocycles. The summed E-state index contributed by atoms with van der Waals surface area (Å²) in [4.78, 5) is 22.0. The lowest BCUT2D eigenvalue weighted by Gasteiger charge is -2.06. The van der Waals surface area contributed by atoms with Gasteiger partial charge in [-0.1, -0.05) is 18.5 Å². The van der Waals surface area contributed by atoms with E-state index in [1.54, 1.807) is 13.0 Å². The largest absolute Gasteiger partial charge is 0.366 e. The van der Waals surface area contributed by atoms with Crippen LogP contribution in [-0.4, -0.2) is 11.8 Å². The lowest BCUT2D eigenvalue weighted by molar-refractivity contribution is -0.115. The van der Waals surface area contributed by atoms with E-state index in [9.17, 15) is 9.59 Å². The Kier molecular flexibility index (Phi) is 3.68. The molecule has 0 aliphatic heterocycles. The Morgan fingerprint density at radius 3 is 2.67 bits per heavy atom. The topological polar surface area (TPSA) is 72.2 Å². The van der Waals surface area contributed by atoms with Gasteiger partial charge in [0.25, 0.3) is 0 Å². The Morgan fingerprint density at radius 2 is 2.13 bits per heavy atom. The normalized spacial score (nSPS) is 9.73. The first-order valence-electron chi connectivity index (χ1n) is 4.43. The van der Waals surface area contributed by atoms with Crippen molar-refractivity contribution >= 4 is 29.1 Å². The summed E-state index contributed by atoms with van der Waals surface area (Å²) < 4.78 is 0. The van der Waals surface area contributed by atoms with E-state index in [0.717, 1.165) is 0 Å². The van der Waals surface area contributed by atoms with Crippen molar-refractivity contribution < 1.29 is 9.59 Å². The summed E-state index contributed by atoms with van der Waals surface area (Å²) >= 11 is 5.75. The van der Waals surface area contributed by atoms with Crippen molar-refractivity contribution in [3.05, 3.63) is 28.8 Å². The highest BCUT2D eigenvalue weighted by Crippen LogP contribution is 2.20. The fraction of sp³-hybridized carbons (Fsp3) is 0.200. The second-order valence-corrected chi connectivity index (χ2v) is 3.37. The number of rotatable bonds is 3. The molecule has 3 N–H and O–H groups in total. The third-order valence-corrected chi connectivity index (χ3v) is 2.17. The minimum absolute atomic E-state index is 0.132. The molecule has 0 bridgehead atoms. The lowest BCUT2D eigenvalue weighted by atomic mass is 10.2. The lowest BCUT2D eigenvalue weighted by Crippen LogP contribution is -2.14. The first kappa shape index (κ1) is 11.5. The number of primary amides is 1. The molecular weight excluding hydrogens is 216 g/mol. The number of amides is 2. The molecule has 4 nitrogen and oxygen atoms in total. The van der Waals surface area contributed by atoms with Crippen LogP contribution in [0.25, 0.3) is 0 Å². The van der Waals surface area contributed by atoms with Gasteiger partial charge in [-0.05, 0) is 18.2 Å². The van der Waals surface area contributed by atoms with Crippen molar-refractivity contribution in [3.8, 4) is 0 Å². The van der Waals surface area contributed by atoms with Gasteiger partial charge in [0.05, 0.1) is 10.6 Å². The van der Waals surface area contributed by atoms with Gasteiger partial charge < -0.3 is 11.1 Å². The third kappa shape index (κ3) is 2.95. The molecule has 1 rings (SSSR count). The summed E-state index contributed by atoms with van der Waals surface area (Å²) in [5.74, 6) is -0.750. The molecule has 0 saturated heterocycles. The number of anilines is 1. The molecule has 0 fully saturated rings. The number of carbonyl (C=O) groups is 2. The van der Waals surface area contributed by atoms with Crippen LogP contribution >= 0.6 is 11.6 Å². The fourth-order valence-corrected chi connectivity index (χ4v) is 1.25. The number of nitrogens with one attached hydrogen (secondary N) is 1. The van der Waals surface area contributed by atoms with Crippen LogP contribution in [0.5, 0.6) is 0 Å². The summed E-state index contributed by atoms with van der Waals surface area (Å²) in [5, 5.41) is 2.88. The van der Waals surface area contributed by atoms with E-state index in [1.165, 1.54) is 12.1 Å². The molecule has 0 aromatic heterocycles. The number of hydrogen-bond donors (Lipinski definition) is 2. The van der Waals surface area contributed by atoms with Gasteiger partial charge in [0.1, 0.15) is 0 Å². The van der Waals surface area contributed by atoms with Gasteiger partial charge in [-0.15, -0.1) is 0 Å². The van der Waals surface area contributed by atoms with Crippen LogP contribution < -0.4 is 11.1 Å². The van der Waals surface area contributed by atoms with Crippen molar-refractivity contribution in [1.82, 2.24) is 0 Å². The monoisotopic (exact) mass is 226 g/mol. The molecule has 1 aromatic rings. The van der Waals surface area contributed by atoms with Crippen molar-refractivity contribution in [2.45, 2.75) is 13.3 Å². The number of halogens is 1. The van der Waals surface area contributed by atoms with Crippen LogP contribution in [0, 0.1) is 0 Å². The molecule has 5 heteroatoms. The summed E-state index contributed by atoms with van der Waals surface area (Å²) in [6.07, 6.45) is 0.370. The fourth-order valence-electron chi connectivity index (χ4n) is 1.04. The van der Waals surface area contributed by atoms with E-state index in [0.29, 0.717) is 12.1 Å². The van der Waals surface area contributed by atoms with Crippen LogP contribution in [0.15, 0.2) is 18.2 Å². The maximum atomic E-state index is 11.1. The number of hydrogen-bond acceptors (Lipinski definition) is 2. The molecule has 0 spiro atoms. The summed E-state index contributed by atoms with van der Waals surface area (Å²) in [7, 11) is 0. The van der Waals surface area contributed by atoms with Crippen LogP contribution in [0.2, 0.25) is 5.02 Å². The summed E-state index contributed by atoms with van der Waals surface area (Å²) in [6.45, 7) is 1.74. The zero-order chi connectivity index (χ0) is 11.4. The van der Waals surface area contributed by atoms with Crippen LogP contribution in [0.3, 0.4) is 0 Å². The molecule has 0 atom stereocenters. The molecule has 0 saturated carbocycles. The van der Waals surface area contributed by atoms with Crippen molar-refractivity contribution in [2.24, 2.45) is 5.73 Å². The first-order valence-corrected chi connectivity index (χ1v) is 4.81. The zero-order valence-electron chi connectivity index (χ0n) is 8.21. The predicted molar refractivity (Wildman–Crippen MR) is 58.9 cm³/mol. The molecule has 2 amide bonds. The summed E-state index contributed by atoms with van der Waals surface area (Å²) in [6, 6.07) is 4.59. The first-order chi connectivity index (χ1) is 7.04. The minimum atomic E-state index is -0.618. The highest BCUT2D eigenvalue weighted by atomic mass is 35.5. The number of nitrogens with two attached hydrogens (primary N) is 1. The van der Waals surface area contributed by atoms with Gasteiger partial charge in [-0.3, -0.25) is 9.59 Å². The van der Waals surface area contributed by atoms with E-state index < -0.39 is 5.91 Å². The van der Waals surface area contributed by atoms with E-state index in [2.05, 4.69) is 5.32 Å². The van der Waals surface area contributed by atoms with E-state index in [4.69, 9.17) is 17.3 Å². The van der Waals surface area contributed by atoms with Crippen LogP contribution in [0.1, 0.15) is 23.7 Å². The molecule has 15 heavy (non-hydrogen) atoms. The van der Waals surface area contributed by atoms with Crippen molar-refractivity contribution in [2.75, 3.05) is 5.32 Å². The van der Waals surface area contributed by atoms with Gasteiger partial charge in [-0.2, -0.15) is 0 Å². The van der Waals surface area contributed by atoms with Gasteiger partial charge in [-0.25, -0.2) is 0 Å². The average Bonchev–Trinajstić information content (AvgIpc) is 2.20. The molecule has 0 aliphatic rings. The molecule has 0 heterocycles. The van der Waals surface area contributed by atoms with Gasteiger partial charge in [0.15, 0.2) is 0 Å². The molecular formula is C10H11ClN2O2. The second-order valence-electron chi connectivity index (χ2n) is 2.96. The smallest absolute Gasteiger partial charge is 0.250 e. The Hall–Kier alpha value is -1.55. The van der Waals surface area contributed by atoms with Crippen LogP contribution in [0.4, 0.5) is 5.69 Å². The Morgan fingerprint density at radius 1 is 1.47 bits per heavy atom. The van der Waals surface area contributed by atoms with Gasteiger partial charge in [0.2, 0.25) is 11.8 Å². The highest BCUT2D eigenvalue weighted by Gasteiger charge is 2.08. The second kappa shape index (κ2) is 4.79. The van der Waals surface area contributed by atoms with E-state index >= 15 is 0 Å². The Labute approximate surface area is 92.4 Å². The quantitative estimate of drug-likeness (QED) is 0.825. The Balaban J connectivity index is 2.97. The minimum Gasteiger partial charge on any atom is -0.366 e. The third-order valence-electron chi connectivity index (χ3n) is 1.84. The van der Waals surface area contributed by atoms with E-state index in [-0.39, 0.29) is 16.5 Å². The van der Waals surface area contributed by atoms with Crippen molar-refractivity contribution in [1.29, 1.82) is 0 Å². The molecule has 0 radical (unpaired) electrons. The molecule has 0 unspecified atom stereocenters. The molecule has 80 valence electrons. The SMILES string of the molecule is CCC(=O)Nc1ccc(Cl)c(C(N)=O)c1. The number of benzene rings is 1. The standard InChI is InChI=1S/C10H11ClN2O2/c1-2-9(14)13-6-3-4-8(11)7(5-6)10(12)15/h3-5H,2H2,1H3,(H2,12,15)(H,13,14). The maximum absolute atomic E-state index is 11.1. The predicted octanol–water partition coefficient (Wildman–Crippen LogP) is 1.79. The van der Waals surface area contributed by atoms with E-state index in [1.807, 2.05) is 0 Å². The van der Waals surface area contributed by atoms with Crippen molar-refractivity contribution in [3.63, 3.8) is 0 Å². The summed E-state index contributed by atoms with van der Waals surface area (Å²) in [5.41, 5.74) is 5.82. The number of carbonyl (C=O) groups excluding carboxylic acids is 2. The van der Waals surface area contributed by atoms with Crippen LogP contribution in [-0.2, 0) is 4.79 Å². The maximum Gasteiger partial charge on any atom is 0.250 e. The molecule has 1 aromatic carbocycles. The zero-order valence-corrected chi connectivity index (χ0v) is 8.97.